The topological polar surface area (TPSA) is 49.2 Å². The molecule has 1 aromatic heterocycles. The van der Waals surface area contributed by atoms with E-state index in [0.717, 1.165) is 0 Å². The van der Waals surface area contributed by atoms with Crippen LogP contribution in [0.15, 0.2) is 6.07 Å². The lowest BCUT2D eigenvalue weighted by Gasteiger charge is -2.28. The molecule has 0 bridgehead atoms. The number of hydrogen-bond donors (Lipinski definition) is 1. The van der Waals surface area contributed by atoms with E-state index in [9.17, 15) is 13.2 Å². The SMILES string of the molecule is CC(C)N(CCCO)c1cc(Cl)nc(C(F)(F)F)n1. The van der Waals surface area contributed by atoms with Gasteiger partial charge in [-0.1, -0.05) is 11.6 Å². The monoisotopic (exact) mass is 297 g/mol. The van der Waals surface area contributed by atoms with Crippen LogP contribution < -0.4 is 4.90 Å². The van der Waals surface area contributed by atoms with E-state index < -0.39 is 12.0 Å². The summed E-state index contributed by atoms with van der Waals surface area (Å²) in [4.78, 5) is 8.32. The second-order valence-electron chi connectivity index (χ2n) is 4.23. The molecule has 4 nitrogen and oxygen atoms in total. The number of alkyl halides is 3. The predicted molar refractivity (Wildman–Crippen MR) is 66.2 cm³/mol. The average molecular weight is 298 g/mol. The number of halogens is 4. The Morgan fingerprint density at radius 3 is 2.47 bits per heavy atom. The number of nitrogens with zero attached hydrogens (tertiary/aromatic N) is 3. The highest BCUT2D eigenvalue weighted by Gasteiger charge is 2.35. The highest BCUT2D eigenvalue weighted by atomic mass is 35.5. The van der Waals surface area contributed by atoms with Crippen LogP contribution in [0.2, 0.25) is 5.15 Å². The molecule has 0 saturated heterocycles. The van der Waals surface area contributed by atoms with Gasteiger partial charge in [0, 0.05) is 25.3 Å². The van der Waals surface area contributed by atoms with E-state index in [4.69, 9.17) is 16.7 Å². The minimum atomic E-state index is -4.64. The smallest absolute Gasteiger partial charge is 0.396 e. The van der Waals surface area contributed by atoms with Crippen LogP contribution in [0.25, 0.3) is 0 Å². The second-order valence-corrected chi connectivity index (χ2v) is 4.62. The van der Waals surface area contributed by atoms with Gasteiger partial charge in [-0.15, -0.1) is 0 Å². The summed E-state index contributed by atoms with van der Waals surface area (Å²) in [6, 6.07) is 1.22. The summed E-state index contributed by atoms with van der Waals surface area (Å²) in [6.07, 6.45) is -4.21. The van der Waals surface area contributed by atoms with Crippen LogP contribution >= 0.6 is 11.6 Å². The first-order valence-electron chi connectivity index (χ1n) is 5.75. The molecule has 1 aromatic rings. The standard InChI is InChI=1S/C11H15ClF3N3O/c1-7(2)18(4-3-5-19)9-6-8(12)16-10(17-9)11(13,14)15/h6-7,19H,3-5H2,1-2H3. The minimum Gasteiger partial charge on any atom is -0.396 e. The summed E-state index contributed by atoms with van der Waals surface area (Å²) in [5.41, 5.74) is 0. The largest absolute Gasteiger partial charge is 0.451 e. The molecule has 8 heteroatoms. The fourth-order valence-corrected chi connectivity index (χ4v) is 1.74. The molecule has 0 aliphatic carbocycles. The van der Waals surface area contributed by atoms with Crippen LogP contribution in [0.4, 0.5) is 19.0 Å². The molecule has 1 heterocycles. The first-order valence-corrected chi connectivity index (χ1v) is 6.12. The Morgan fingerprint density at radius 2 is 2.00 bits per heavy atom. The van der Waals surface area contributed by atoms with Crippen LogP contribution in [0.3, 0.4) is 0 Å². The lowest BCUT2D eigenvalue weighted by molar-refractivity contribution is -0.144. The summed E-state index contributed by atoms with van der Waals surface area (Å²) in [5, 5.41) is 8.56. The van der Waals surface area contributed by atoms with Gasteiger partial charge in [0.1, 0.15) is 11.0 Å². The maximum Gasteiger partial charge on any atom is 0.451 e. The molecule has 0 aromatic carbocycles. The maximum absolute atomic E-state index is 12.6. The fraction of sp³-hybridized carbons (Fsp3) is 0.636. The Hall–Kier alpha value is -1.08. The lowest BCUT2D eigenvalue weighted by atomic mass is 10.3. The van der Waals surface area contributed by atoms with Crippen molar-refractivity contribution in [2.24, 2.45) is 0 Å². The maximum atomic E-state index is 12.6. The van der Waals surface area contributed by atoms with E-state index in [0.29, 0.717) is 13.0 Å². The Balaban J connectivity index is 3.12. The van der Waals surface area contributed by atoms with Crippen molar-refractivity contribution >= 4 is 17.4 Å². The van der Waals surface area contributed by atoms with Gasteiger partial charge in [0.2, 0.25) is 5.82 Å². The van der Waals surface area contributed by atoms with Gasteiger partial charge in [0.25, 0.3) is 0 Å². The van der Waals surface area contributed by atoms with Crippen molar-refractivity contribution in [3.63, 3.8) is 0 Å². The van der Waals surface area contributed by atoms with Gasteiger partial charge in [0.15, 0.2) is 0 Å². The Bertz CT molecular complexity index is 426. The van der Waals surface area contributed by atoms with E-state index >= 15 is 0 Å². The summed E-state index contributed by atoms with van der Waals surface area (Å²) < 4.78 is 37.9. The molecule has 0 aliphatic rings. The van der Waals surface area contributed by atoms with Crippen LogP contribution in [0.1, 0.15) is 26.1 Å². The van der Waals surface area contributed by atoms with Crippen LogP contribution in [-0.4, -0.2) is 34.3 Å². The fourth-order valence-electron chi connectivity index (χ4n) is 1.56. The zero-order chi connectivity index (χ0) is 14.6. The number of rotatable bonds is 5. The highest BCUT2D eigenvalue weighted by Crippen LogP contribution is 2.29. The van der Waals surface area contributed by atoms with Crippen molar-refractivity contribution in [2.45, 2.75) is 32.5 Å². The summed E-state index contributed by atoms with van der Waals surface area (Å²) in [6.45, 7) is 3.98. The average Bonchev–Trinajstić information content (AvgIpc) is 2.27. The van der Waals surface area contributed by atoms with Crippen LogP contribution in [0.5, 0.6) is 0 Å². The van der Waals surface area contributed by atoms with E-state index in [2.05, 4.69) is 9.97 Å². The first kappa shape index (κ1) is 16.0. The zero-order valence-corrected chi connectivity index (χ0v) is 11.3. The number of aromatic nitrogens is 2. The van der Waals surface area contributed by atoms with Gasteiger partial charge in [-0.3, -0.25) is 0 Å². The molecule has 0 radical (unpaired) electrons. The van der Waals surface area contributed by atoms with Crippen molar-refractivity contribution in [3.05, 3.63) is 17.0 Å². The third-order valence-electron chi connectivity index (χ3n) is 2.41. The first-order chi connectivity index (χ1) is 8.75. The zero-order valence-electron chi connectivity index (χ0n) is 10.6. The Labute approximate surface area is 114 Å². The second kappa shape index (κ2) is 6.38. The summed E-state index contributed by atoms with van der Waals surface area (Å²) in [5.74, 6) is -1.15. The van der Waals surface area contributed by atoms with Crippen molar-refractivity contribution in [1.82, 2.24) is 9.97 Å². The third kappa shape index (κ3) is 4.50. The quantitative estimate of drug-likeness (QED) is 0.849. The van der Waals surface area contributed by atoms with Crippen molar-refractivity contribution in [3.8, 4) is 0 Å². The van der Waals surface area contributed by atoms with E-state index in [1.54, 1.807) is 4.90 Å². The van der Waals surface area contributed by atoms with Crippen LogP contribution in [-0.2, 0) is 6.18 Å². The molecule has 0 unspecified atom stereocenters. The van der Waals surface area contributed by atoms with Gasteiger partial charge in [-0.2, -0.15) is 13.2 Å². The van der Waals surface area contributed by atoms with Gasteiger partial charge in [0.05, 0.1) is 0 Å². The highest BCUT2D eigenvalue weighted by molar-refractivity contribution is 6.29. The molecular formula is C11H15ClF3N3O. The third-order valence-corrected chi connectivity index (χ3v) is 2.60. The molecule has 0 aliphatic heterocycles. The molecule has 0 spiro atoms. The Morgan fingerprint density at radius 1 is 1.37 bits per heavy atom. The van der Waals surface area contributed by atoms with Crippen molar-refractivity contribution in [2.75, 3.05) is 18.1 Å². The number of hydrogen-bond acceptors (Lipinski definition) is 4. The Kier molecular flexibility index (Phi) is 5.37. The van der Waals surface area contributed by atoms with E-state index in [-0.39, 0.29) is 23.6 Å². The molecule has 1 N–H and O–H groups in total. The molecule has 19 heavy (non-hydrogen) atoms. The van der Waals surface area contributed by atoms with Crippen molar-refractivity contribution < 1.29 is 18.3 Å². The van der Waals surface area contributed by atoms with E-state index in [1.165, 1.54) is 6.07 Å². The predicted octanol–water partition coefficient (Wildman–Crippen LogP) is 2.75. The van der Waals surface area contributed by atoms with Gasteiger partial charge in [-0.05, 0) is 20.3 Å². The van der Waals surface area contributed by atoms with Gasteiger partial charge >= 0.3 is 6.18 Å². The van der Waals surface area contributed by atoms with Crippen LogP contribution in [0, 0.1) is 0 Å². The van der Waals surface area contributed by atoms with Crippen molar-refractivity contribution in [1.29, 1.82) is 0 Å². The number of aliphatic hydroxyl groups excluding tert-OH is 1. The lowest BCUT2D eigenvalue weighted by Crippen LogP contribution is -2.33. The summed E-state index contributed by atoms with van der Waals surface area (Å²) >= 11 is 5.61. The molecule has 0 saturated carbocycles. The molecular weight excluding hydrogens is 283 g/mol. The minimum absolute atomic E-state index is 0.0475. The van der Waals surface area contributed by atoms with Gasteiger partial charge in [-0.25, -0.2) is 9.97 Å². The molecule has 0 atom stereocenters. The van der Waals surface area contributed by atoms with Gasteiger partial charge < -0.3 is 10.0 Å². The molecule has 0 amide bonds. The number of aliphatic hydroxyl groups is 1. The molecule has 0 fully saturated rings. The normalized spacial score (nSPS) is 12.0. The molecule has 108 valence electrons. The summed E-state index contributed by atoms with van der Waals surface area (Å²) in [7, 11) is 0. The number of anilines is 1. The molecule has 1 rings (SSSR count). The van der Waals surface area contributed by atoms with E-state index in [1.807, 2.05) is 13.8 Å².